The third kappa shape index (κ3) is 2.98. The number of amides is 1. The molecular weight excluding hydrogens is 282 g/mol. The average molecular weight is 301 g/mol. The van der Waals surface area contributed by atoms with Crippen LogP contribution in [0, 0.1) is 12.8 Å². The summed E-state index contributed by atoms with van der Waals surface area (Å²) in [6.45, 7) is 3.49. The Bertz CT molecular complexity index is 715. The SMILES string of the molecule is Cc1c(C(=O)OCC(=O)N[C@H](C)C2CC2)oc2ccccc12. The molecule has 0 saturated heterocycles. The van der Waals surface area contributed by atoms with Gasteiger partial charge in [0, 0.05) is 17.0 Å². The van der Waals surface area contributed by atoms with Crippen LogP contribution in [0.4, 0.5) is 0 Å². The van der Waals surface area contributed by atoms with Gasteiger partial charge in [0.05, 0.1) is 0 Å². The summed E-state index contributed by atoms with van der Waals surface area (Å²) >= 11 is 0. The minimum absolute atomic E-state index is 0.138. The number of carbonyl (C=O) groups excluding carboxylic acids is 2. The molecule has 2 aromatic rings. The van der Waals surface area contributed by atoms with Crippen LogP contribution in [-0.4, -0.2) is 24.5 Å². The molecule has 1 saturated carbocycles. The van der Waals surface area contributed by atoms with E-state index in [9.17, 15) is 9.59 Å². The Hall–Kier alpha value is -2.30. The van der Waals surface area contributed by atoms with Crippen molar-refractivity contribution in [3.05, 3.63) is 35.6 Å². The van der Waals surface area contributed by atoms with Crippen LogP contribution in [0.3, 0.4) is 0 Å². The fourth-order valence-corrected chi connectivity index (χ4v) is 2.58. The molecule has 1 aromatic heterocycles. The van der Waals surface area contributed by atoms with E-state index >= 15 is 0 Å². The number of nitrogens with one attached hydrogen (secondary N) is 1. The van der Waals surface area contributed by atoms with E-state index in [1.165, 1.54) is 0 Å². The molecule has 1 aromatic carbocycles. The number of furan rings is 1. The quantitative estimate of drug-likeness (QED) is 0.862. The number of aryl methyl sites for hydroxylation is 1. The van der Waals surface area contributed by atoms with E-state index in [2.05, 4.69) is 5.32 Å². The van der Waals surface area contributed by atoms with Gasteiger partial charge in [0.1, 0.15) is 5.58 Å². The van der Waals surface area contributed by atoms with E-state index < -0.39 is 5.97 Å². The highest BCUT2D eigenvalue weighted by Gasteiger charge is 2.29. The van der Waals surface area contributed by atoms with Gasteiger partial charge >= 0.3 is 5.97 Å². The molecule has 1 amide bonds. The summed E-state index contributed by atoms with van der Waals surface area (Å²) in [4.78, 5) is 23.8. The molecule has 0 spiro atoms. The van der Waals surface area contributed by atoms with Gasteiger partial charge in [0.2, 0.25) is 5.76 Å². The van der Waals surface area contributed by atoms with Crippen molar-refractivity contribution in [2.45, 2.75) is 32.7 Å². The fraction of sp³-hybridized carbons (Fsp3) is 0.412. The van der Waals surface area contributed by atoms with Crippen molar-refractivity contribution >= 4 is 22.8 Å². The van der Waals surface area contributed by atoms with E-state index in [-0.39, 0.29) is 24.3 Å². The minimum atomic E-state index is -0.608. The van der Waals surface area contributed by atoms with Crippen molar-refractivity contribution < 1.29 is 18.7 Å². The molecule has 0 aliphatic heterocycles. The molecule has 1 fully saturated rings. The molecule has 0 radical (unpaired) electrons. The fourth-order valence-electron chi connectivity index (χ4n) is 2.58. The second kappa shape index (κ2) is 5.83. The summed E-state index contributed by atoms with van der Waals surface area (Å²) < 4.78 is 10.6. The van der Waals surface area contributed by atoms with Crippen LogP contribution in [0.5, 0.6) is 0 Å². The molecule has 116 valence electrons. The highest BCUT2D eigenvalue weighted by Crippen LogP contribution is 2.32. The van der Waals surface area contributed by atoms with Gasteiger partial charge in [-0.15, -0.1) is 0 Å². The van der Waals surface area contributed by atoms with Gasteiger partial charge in [0.25, 0.3) is 5.91 Å². The van der Waals surface area contributed by atoms with E-state index in [1.807, 2.05) is 25.1 Å². The van der Waals surface area contributed by atoms with Crippen LogP contribution < -0.4 is 5.32 Å². The van der Waals surface area contributed by atoms with Crippen molar-refractivity contribution in [3.8, 4) is 0 Å². The number of esters is 1. The maximum atomic E-state index is 12.1. The summed E-state index contributed by atoms with van der Waals surface area (Å²) in [7, 11) is 0. The number of benzene rings is 1. The number of carbonyl (C=O) groups is 2. The average Bonchev–Trinajstić information content (AvgIpc) is 3.30. The monoisotopic (exact) mass is 301 g/mol. The van der Waals surface area contributed by atoms with Crippen molar-refractivity contribution in [1.29, 1.82) is 0 Å². The molecule has 1 heterocycles. The second-order valence-electron chi connectivity index (χ2n) is 5.82. The van der Waals surface area contributed by atoms with Crippen molar-refractivity contribution in [2.24, 2.45) is 5.92 Å². The van der Waals surface area contributed by atoms with Gasteiger partial charge in [-0.25, -0.2) is 4.79 Å². The maximum Gasteiger partial charge on any atom is 0.375 e. The third-order valence-electron chi connectivity index (χ3n) is 4.08. The third-order valence-corrected chi connectivity index (χ3v) is 4.08. The summed E-state index contributed by atoms with van der Waals surface area (Å²) in [6.07, 6.45) is 2.30. The number of ether oxygens (including phenoxy) is 1. The predicted octanol–water partition coefficient (Wildman–Crippen LogP) is 2.81. The maximum absolute atomic E-state index is 12.1. The van der Waals surface area contributed by atoms with E-state index in [0.29, 0.717) is 11.5 Å². The standard InChI is InChI=1S/C17H19NO4/c1-10-13-5-3-4-6-14(13)22-16(10)17(20)21-9-15(19)18-11(2)12-7-8-12/h3-6,11-12H,7-9H2,1-2H3,(H,18,19)/t11-/m1/s1. The summed E-state index contributed by atoms with van der Waals surface area (Å²) in [5, 5.41) is 3.72. The van der Waals surface area contributed by atoms with Gasteiger partial charge in [-0.3, -0.25) is 4.79 Å². The van der Waals surface area contributed by atoms with Crippen LogP contribution in [0.15, 0.2) is 28.7 Å². The number of para-hydroxylation sites is 1. The van der Waals surface area contributed by atoms with Crippen molar-refractivity contribution in [2.75, 3.05) is 6.61 Å². The molecule has 5 heteroatoms. The van der Waals surface area contributed by atoms with E-state index in [4.69, 9.17) is 9.15 Å². The normalized spacial score (nSPS) is 15.5. The molecule has 1 aliphatic carbocycles. The molecular formula is C17H19NO4. The highest BCUT2D eigenvalue weighted by molar-refractivity contribution is 5.96. The number of rotatable bonds is 5. The number of fused-ring (bicyclic) bond motifs is 1. The van der Waals surface area contributed by atoms with Crippen LogP contribution in [0.2, 0.25) is 0 Å². The van der Waals surface area contributed by atoms with Crippen LogP contribution in [-0.2, 0) is 9.53 Å². The Morgan fingerprint density at radius 3 is 2.77 bits per heavy atom. The van der Waals surface area contributed by atoms with Gasteiger partial charge in [-0.2, -0.15) is 0 Å². The van der Waals surface area contributed by atoms with E-state index in [1.54, 1.807) is 13.0 Å². The number of hydrogen-bond acceptors (Lipinski definition) is 4. The second-order valence-corrected chi connectivity index (χ2v) is 5.82. The Kier molecular flexibility index (Phi) is 3.88. The highest BCUT2D eigenvalue weighted by atomic mass is 16.5. The van der Waals surface area contributed by atoms with Crippen LogP contribution in [0.1, 0.15) is 35.9 Å². The van der Waals surface area contributed by atoms with Crippen molar-refractivity contribution in [1.82, 2.24) is 5.32 Å². The van der Waals surface area contributed by atoms with Crippen molar-refractivity contribution in [3.63, 3.8) is 0 Å². The molecule has 3 rings (SSSR count). The van der Waals surface area contributed by atoms with Crippen LogP contribution >= 0.6 is 0 Å². The molecule has 0 bridgehead atoms. The Morgan fingerprint density at radius 2 is 2.09 bits per heavy atom. The van der Waals surface area contributed by atoms with Gasteiger partial charge in [-0.05, 0) is 38.7 Å². The topological polar surface area (TPSA) is 68.5 Å². The first kappa shape index (κ1) is 14.6. The lowest BCUT2D eigenvalue weighted by molar-refractivity contribution is -0.125. The summed E-state index contributed by atoms with van der Waals surface area (Å²) in [6, 6.07) is 7.54. The van der Waals surface area contributed by atoms with E-state index in [0.717, 1.165) is 23.8 Å². The minimum Gasteiger partial charge on any atom is -0.450 e. The zero-order valence-corrected chi connectivity index (χ0v) is 12.7. The molecule has 22 heavy (non-hydrogen) atoms. The lowest BCUT2D eigenvalue weighted by Gasteiger charge is -2.12. The zero-order chi connectivity index (χ0) is 15.7. The summed E-state index contributed by atoms with van der Waals surface area (Å²) in [5.41, 5.74) is 1.37. The Balaban J connectivity index is 1.61. The van der Waals surface area contributed by atoms with Crippen LogP contribution in [0.25, 0.3) is 11.0 Å². The first-order chi connectivity index (χ1) is 10.6. The first-order valence-electron chi connectivity index (χ1n) is 7.51. The van der Waals surface area contributed by atoms with Gasteiger partial charge in [0.15, 0.2) is 6.61 Å². The lowest BCUT2D eigenvalue weighted by Crippen LogP contribution is -2.37. The predicted molar refractivity (Wildman–Crippen MR) is 81.6 cm³/mol. The lowest BCUT2D eigenvalue weighted by atomic mass is 10.1. The van der Waals surface area contributed by atoms with Gasteiger partial charge < -0.3 is 14.5 Å². The molecule has 5 nitrogen and oxygen atoms in total. The molecule has 1 atom stereocenters. The zero-order valence-electron chi connectivity index (χ0n) is 12.7. The Labute approximate surface area is 128 Å². The molecule has 1 N–H and O–H groups in total. The molecule has 1 aliphatic rings. The first-order valence-corrected chi connectivity index (χ1v) is 7.51. The van der Waals surface area contributed by atoms with Gasteiger partial charge in [-0.1, -0.05) is 18.2 Å². The molecule has 0 unspecified atom stereocenters. The smallest absolute Gasteiger partial charge is 0.375 e. The Morgan fingerprint density at radius 1 is 1.36 bits per heavy atom. The number of hydrogen-bond donors (Lipinski definition) is 1. The summed E-state index contributed by atoms with van der Waals surface area (Å²) in [5.74, 6) is -0.161. The largest absolute Gasteiger partial charge is 0.450 e.